The molecule has 0 spiro atoms. The number of carbonyl (C=O) groups is 2. The van der Waals surface area contributed by atoms with Crippen LogP contribution in [0.5, 0.6) is 0 Å². The van der Waals surface area contributed by atoms with Crippen LogP contribution in [0.3, 0.4) is 0 Å². The monoisotopic (exact) mass is 623 g/mol. The van der Waals surface area contributed by atoms with Gasteiger partial charge in [-0.2, -0.15) is 0 Å². The number of rotatable bonds is 20. The van der Waals surface area contributed by atoms with E-state index in [0.29, 0.717) is 36.0 Å². The Bertz CT molecular complexity index is 1170. The third-order valence-electron chi connectivity index (χ3n) is 7.24. The third-order valence-corrected chi connectivity index (χ3v) is 7.24. The van der Waals surface area contributed by atoms with Crippen molar-refractivity contribution in [3.8, 4) is 0 Å². The van der Waals surface area contributed by atoms with E-state index in [1.54, 1.807) is 32.9 Å². The van der Waals surface area contributed by atoms with Crippen molar-refractivity contribution < 1.29 is 14.0 Å². The summed E-state index contributed by atoms with van der Waals surface area (Å²) in [5, 5.41) is 19.7. The molecule has 0 aromatic rings. The maximum atomic E-state index is 13.7. The molecule has 0 aliphatic carbocycles. The highest BCUT2D eigenvalue weighted by atomic mass is 19.1. The maximum absolute atomic E-state index is 13.7. The van der Waals surface area contributed by atoms with Crippen molar-refractivity contribution in [2.24, 2.45) is 17.3 Å². The number of halogens is 1. The zero-order valence-electron chi connectivity index (χ0n) is 29.0. The van der Waals surface area contributed by atoms with Crippen molar-refractivity contribution in [2.75, 3.05) is 13.1 Å². The molecule has 0 radical (unpaired) electrons. The minimum atomic E-state index is -1.09. The van der Waals surface area contributed by atoms with Crippen LogP contribution in [0, 0.1) is 22.7 Å². The first-order chi connectivity index (χ1) is 21.2. The molecule has 5 N–H and O–H groups in total. The summed E-state index contributed by atoms with van der Waals surface area (Å²) in [6.07, 6.45) is 23.4. The fourth-order valence-corrected chi connectivity index (χ4v) is 4.31. The van der Waals surface area contributed by atoms with Crippen LogP contribution in [-0.4, -0.2) is 36.8 Å². The van der Waals surface area contributed by atoms with Gasteiger partial charge in [-0.3, -0.25) is 4.79 Å². The number of amides is 3. The lowest BCUT2D eigenvalue weighted by Crippen LogP contribution is -2.58. The highest BCUT2D eigenvalue weighted by molar-refractivity contribution is 5.90. The lowest BCUT2D eigenvalue weighted by molar-refractivity contribution is -0.125. The molecular weight excluding hydrogens is 565 g/mol. The van der Waals surface area contributed by atoms with Gasteiger partial charge in [-0.15, -0.1) is 0 Å². The van der Waals surface area contributed by atoms with E-state index >= 15 is 0 Å². The van der Waals surface area contributed by atoms with Gasteiger partial charge in [-0.05, 0) is 82.4 Å². The largest absolute Gasteiger partial charge is 0.355 e. The second-order valence-corrected chi connectivity index (χ2v) is 12.5. The van der Waals surface area contributed by atoms with E-state index in [1.807, 2.05) is 43.4 Å². The van der Waals surface area contributed by atoms with Gasteiger partial charge in [0.15, 0.2) is 0 Å². The van der Waals surface area contributed by atoms with Crippen molar-refractivity contribution in [3.05, 3.63) is 96.2 Å². The Balaban J connectivity index is 5.60. The van der Waals surface area contributed by atoms with Crippen LogP contribution in [0.1, 0.15) is 81.6 Å². The Hall–Kier alpha value is -3.94. The molecule has 0 aromatic heterocycles. The number of allylic oxidation sites excluding steroid dienone is 12. The average molecular weight is 624 g/mol. The Morgan fingerprint density at radius 2 is 1.62 bits per heavy atom. The van der Waals surface area contributed by atoms with E-state index in [1.165, 1.54) is 18.4 Å². The van der Waals surface area contributed by atoms with Crippen molar-refractivity contribution in [2.45, 2.75) is 87.1 Å². The van der Waals surface area contributed by atoms with E-state index in [9.17, 15) is 14.0 Å². The van der Waals surface area contributed by atoms with Crippen LogP contribution >= 0.6 is 0 Å². The fourth-order valence-electron chi connectivity index (χ4n) is 4.31. The summed E-state index contributed by atoms with van der Waals surface area (Å²) in [5.41, 5.74) is 0.592. The van der Waals surface area contributed by atoms with Crippen molar-refractivity contribution in [1.82, 2.24) is 21.3 Å². The molecular formula is C37H58FN5O2. The van der Waals surface area contributed by atoms with Gasteiger partial charge < -0.3 is 26.7 Å². The molecule has 0 rings (SSSR count). The first-order valence-corrected chi connectivity index (χ1v) is 15.8. The van der Waals surface area contributed by atoms with Crippen LogP contribution in [0.15, 0.2) is 96.2 Å². The summed E-state index contributed by atoms with van der Waals surface area (Å²) >= 11 is 0. The van der Waals surface area contributed by atoms with Crippen LogP contribution in [-0.2, 0) is 4.79 Å². The Morgan fingerprint density at radius 1 is 0.956 bits per heavy atom. The van der Waals surface area contributed by atoms with E-state index in [-0.39, 0.29) is 23.1 Å². The summed E-state index contributed by atoms with van der Waals surface area (Å²) in [4.78, 5) is 25.6. The number of carbonyl (C=O) groups excluding carboxylic acids is 2. The molecule has 0 aliphatic heterocycles. The Kier molecular flexibility index (Phi) is 19.8. The zero-order chi connectivity index (χ0) is 34.5. The van der Waals surface area contributed by atoms with Crippen molar-refractivity contribution >= 4 is 18.2 Å². The van der Waals surface area contributed by atoms with Gasteiger partial charge in [-0.1, -0.05) is 89.8 Å². The minimum absolute atomic E-state index is 0.220. The van der Waals surface area contributed by atoms with Gasteiger partial charge in [-0.25, -0.2) is 9.18 Å². The van der Waals surface area contributed by atoms with Crippen LogP contribution in [0.4, 0.5) is 9.18 Å². The van der Waals surface area contributed by atoms with Gasteiger partial charge >= 0.3 is 6.03 Å². The molecule has 45 heavy (non-hydrogen) atoms. The molecule has 0 aliphatic rings. The highest BCUT2D eigenvalue weighted by Crippen LogP contribution is 2.34. The molecule has 1 atom stereocenters. The molecule has 0 heterocycles. The van der Waals surface area contributed by atoms with Gasteiger partial charge in [0.05, 0.1) is 0 Å². The Morgan fingerprint density at radius 3 is 2.18 bits per heavy atom. The second kappa shape index (κ2) is 21.7. The standard InChI is InChI=1S/C37H58FN5O2/c1-11-15-16-17-18-24-40-34(44)37(9,10)43-35(45)41-27-36(7,8)30(25-28(5)6)20-19-21-33(29(12-2)26-39)42-32(14-4)23-22-31(38)13-3/h12-19,21-23,26,28,30,39,42H,2,11,20,24-25,27H2,1,3-10H3,(H,40,44)(H2,41,43,45)/b16-15-,18-17-,21-19-,23-22-,31-13+,32-14+,33-29-,39-26?. The van der Waals surface area contributed by atoms with Crippen LogP contribution < -0.4 is 21.3 Å². The number of urea groups is 1. The van der Waals surface area contributed by atoms with Crippen molar-refractivity contribution in [1.29, 1.82) is 5.41 Å². The van der Waals surface area contributed by atoms with Crippen LogP contribution in [0.2, 0.25) is 0 Å². The third kappa shape index (κ3) is 17.2. The quantitative estimate of drug-likeness (QED) is 0.0695. The molecule has 0 bridgehead atoms. The summed E-state index contributed by atoms with van der Waals surface area (Å²) in [7, 11) is 0. The summed E-state index contributed by atoms with van der Waals surface area (Å²) < 4.78 is 13.7. The minimum Gasteiger partial charge on any atom is -0.355 e. The number of hydrogen-bond acceptors (Lipinski definition) is 4. The molecule has 0 aromatic carbocycles. The van der Waals surface area contributed by atoms with E-state index in [2.05, 4.69) is 68.5 Å². The molecule has 8 heteroatoms. The molecule has 7 nitrogen and oxygen atoms in total. The van der Waals surface area contributed by atoms with Gasteiger partial charge in [0.25, 0.3) is 0 Å². The number of nitrogens with one attached hydrogen (secondary N) is 5. The molecule has 1 unspecified atom stereocenters. The topological polar surface area (TPSA) is 106 Å². The molecule has 0 fully saturated rings. The first-order valence-electron chi connectivity index (χ1n) is 15.8. The van der Waals surface area contributed by atoms with Crippen LogP contribution in [0.25, 0.3) is 0 Å². The SMILES string of the molecule is C=C/C(C=N)=C(\C=C/CC(CC(C)C)C(C)(C)CNC(=O)NC(C)(C)C(=O)NC/C=C\C=C/CC)NC(/C=C\C(F)=C/C)=C/C. The molecule has 250 valence electrons. The highest BCUT2D eigenvalue weighted by Gasteiger charge is 2.32. The average Bonchev–Trinajstić information content (AvgIpc) is 2.98. The van der Waals surface area contributed by atoms with Gasteiger partial charge in [0.2, 0.25) is 5.91 Å². The normalized spacial score (nSPS) is 14.7. The second-order valence-electron chi connectivity index (χ2n) is 12.5. The van der Waals surface area contributed by atoms with E-state index in [4.69, 9.17) is 5.41 Å². The van der Waals surface area contributed by atoms with Gasteiger partial charge in [0.1, 0.15) is 11.4 Å². The maximum Gasteiger partial charge on any atom is 0.315 e. The fraction of sp³-hybridized carbons (Fsp3) is 0.486. The summed E-state index contributed by atoms with van der Waals surface area (Å²) in [6.45, 7) is 22.1. The lowest BCUT2D eigenvalue weighted by Gasteiger charge is -2.36. The summed E-state index contributed by atoms with van der Waals surface area (Å²) in [5.74, 6) is 0.0424. The van der Waals surface area contributed by atoms with Crippen molar-refractivity contribution in [3.63, 3.8) is 0 Å². The molecule has 3 amide bonds. The lowest BCUT2D eigenvalue weighted by atomic mass is 9.73. The van der Waals surface area contributed by atoms with E-state index < -0.39 is 11.6 Å². The molecule has 0 saturated heterocycles. The predicted molar refractivity (Wildman–Crippen MR) is 190 cm³/mol. The van der Waals surface area contributed by atoms with Gasteiger partial charge in [0, 0.05) is 36.3 Å². The zero-order valence-corrected chi connectivity index (χ0v) is 29.0. The Labute approximate surface area is 272 Å². The predicted octanol–water partition coefficient (Wildman–Crippen LogP) is 8.35. The number of hydrogen-bond donors (Lipinski definition) is 5. The summed E-state index contributed by atoms with van der Waals surface area (Å²) in [6, 6.07) is -0.402. The van der Waals surface area contributed by atoms with E-state index in [0.717, 1.165) is 19.3 Å². The smallest absolute Gasteiger partial charge is 0.315 e. The first kappa shape index (κ1) is 41.1. The molecule has 0 saturated carbocycles.